The summed E-state index contributed by atoms with van der Waals surface area (Å²) < 4.78 is 0. The van der Waals surface area contributed by atoms with Crippen LogP contribution < -0.4 is 10.6 Å². The first-order chi connectivity index (χ1) is 10.0. The molecule has 0 aliphatic heterocycles. The molecule has 2 N–H and O–H groups in total. The van der Waals surface area contributed by atoms with Crippen LogP contribution in [0, 0.1) is 0 Å². The van der Waals surface area contributed by atoms with Crippen LogP contribution in [0.4, 0.5) is 11.6 Å². The van der Waals surface area contributed by atoms with E-state index in [1.54, 1.807) is 0 Å². The average molecular weight is 290 g/mol. The van der Waals surface area contributed by atoms with Crippen molar-refractivity contribution in [2.45, 2.75) is 77.7 Å². The van der Waals surface area contributed by atoms with Crippen molar-refractivity contribution in [1.82, 2.24) is 9.97 Å². The molecule has 4 heteroatoms. The van der Waals surface area contributed by atoms with Crippen molar-refractivity contribution in [1.29, 1.82) is 0 Å². The number of hydrogen-bond donors (Lipinski definition) is 2. The quantitative estimate of drug-likeness (QED) is 0.806. The van der Waals surface area contributed by atoms with E-state index in [1.165, 1.54) is 32.1 Å². The smallest absolute Gasteiger partial charge is 0.135 e. The SMILES string of the molecule is CCCNc1cc(NC2(C)CCCCC2)nc(C(C)C)n1. The molecule has 1 aromatic rings. The first-order valence-electron chi connectivity index (χ1n) is 8.43. The maximum Gasteiger partial charge on any atom is 0.135 e. The lowest BCUT2D eigenvalue weighted by Crippen LogP contribution is -2.37. The van der Waals surface area contributed by atoms with E-state index in [1.807, 2.05) is 0 Å². The number of aromatic nitrogens is 2. The van der Waals surface area contributed by atoms with Gasteiger partial charge in [0.1, 0.15) is 17.5 Å². The Balaban J connectivity index is 2.18. The van der Waals surface area contributed by atoms with Crippen molar-refractivity contribution in [3.05, 3.63) is 11.9 Å². The van der Waals surface area contributed by atoms with Gasteiger partial charge in [-0.25, -0.2) is 9.97 Å². The number of rotatable bonds is 6. The third-order valence-corrected chi connectivity index (χ3v) is 4.20. The molecule has 2 rings (SSSR count). The molecule has 0 aromatic carbocycles. The number of hydrogen-bond acceptors (Lipinski definition) is 4. The van der Waals surface area contributed by atoms with Crippen LogP contribution in [0.1, 0.15) is 78.0 Å². The van der Waals surface area contributed by atoms with E-state index in [4.69, 9.17) is 4.98 Å². The maximum atomic E-state index is 4.72. The molecule has 0 radical (unpaired) electrons. The number of nitrogens with zero attached hydrogens (tertiary/aromatic N) is 2. The highest BCUT2D eigenvalue weighted by atomic mass is 15.1. The minimum Gasteiger partial charge on any atom is -0.370 e. The van der Waals surface area contributed by atoms with Crippen LogP contribution in [0.3, 0.4) is 0 Å². The van der Waals surface area contributed by atoms with Crippen LogP contribution >= 0.6 is 0 Å². The fourth-order valence-electron chi connectivity index (χ4n) is 2.90. The normalized spacial score (nSPS) is 17.8. The van der Waals surface area contributed by atoms with Crippen LogP contribution in [0.2, 0.25) is 0 Å². The summed E-state index contributed by atoms with van der Waals surface area (Å²) in [7, 11) is 0. The van der Waals surface area contributed by atoms with Gasteiger partial charge in [-0.1, -0.05) is 40.0 Å². The molecule has 1 aromatic heterocycles. The van der Waals surface area contributed by atoms with Crippen molar-refractivity contribution in [3.63, 3.8) is 0 Å². The molecule has 1 aliphatic rings. The Labute approximate surface area is 129 Å². The summed E-state index contributed by atoms with van der Waals surface area (Å²) in [6, 6.07) is 2.06. The van der Waals surface area contributed by atoms with E-state index in [2.05, 4.69) is 49.4 Å². The zero-order chi connectivity index (χ0) is 15.3. The molecule has 1 fully saturated rings. The van der Waals surface area contributed by atoms with E-state index in [0.717, 1.165) is 30.4 Å². The Morgan fingerprint density at radius 3 is 2.43 bits per heavy atom. The molecule has 21 heavy (non-hydrogen) atoms. The van der Waals surface area contributed by atoms with Crippen molar-refractivity contribution in [2.75, 3.05) is 17.2 Å². The molecule has 118 valence electrons. The van der Waals surface area contributed by atoms with Gasteiger partial charge in [0.2, 0.25) is 0 Å². The summed E-state index contributed by atoms with van der Waals surface area (Å²) in [5.41, 5.74) is 0.183. The summed E-state index contributed by atoms with van der Waals surface area (Å²) in [4.78, 5) is 9.34. The molecule has 0 atom stereocenters. The van der Waals surface area contributed by atoms with Gasteiger partial charge in [0.05, 0.1) is 0 Å². The third kappa shape index (κ3) is 4.58. The van der Waals surface area contributed by atoms with Gasteiger partial charge < -0.3 is 10.6 Å². The van der Waals surface area contributed by atoms with E-state index < -0.39 is 0 Å². The standard InChI is InChI=1S/C17H30N4/c1-5-11-18-14-12-15(20-16(19-14)13(2)3)21-17(4)9-7-6-8-10-17/h12-13H,5-11H2,1-4H3,(H2,18,19,20,21). The molecule has 1 saturated carbocycles. The Bertz CT molecular complexity index is 450. The molecular formula is C17H30N4. The lowest BCUT2D eigenvalue weighted by Gasteiger charge is -2.35. The van der Waals surface area contributed by atoms with Crippen LogP contribution in [0.5, 0.6) is 0 Å². The largest absolute Gasteiger partial charge is 0.370 e. The van der Waals surface area contributed by atoms with Gasteiger partial charge in [0.15, 0.2) is 0 Å². The second kappa shape index (κ2) is 7.10. The average Bonchev–Trinajstić information content (AvgIpc) is 2.45. The predicted molar refractivity (Wildman–Crippen MR) is 90.0 cm³/mol. The van der Waals surface area contributed by atoms with E-state index >= 15 is 0 Å². The van der Waals surface area contributed by atoms with Crippen molar-refractivity contribution >= 4 is 11.6 Å². The zero-order valence-electron chi connectivity index (χ0n) is 14.0. The lowest BCUT2D eigenvalue weighted by molar-refractivity contribution is 0.348. The summed E-state index contributed by atoms with van der Waals surface area (Å²) in [5.74, 6) is 3.17. The summed E-state index contributed by atoms with van der Waals surface area (Å²) >= 11 is 0. The van der Waals surface area contributed by atoms with E-state index in [-0.39, 0.29) is 5.54 Å². The molecule has 0 amide bonds. The molecule has 1 aliphatic carbocycles. The maximum absolute atomic E-state index is 4.72. The van der Waals surface area contributed by atoms with E-state index in [0.29, 0.717) is 5.92 Å². The Morgan fingerprint density at radius 1 is 1.14 bits per heavy atom. The van der Waals surface area contributed by atoms with Gasteiger partial charge >= 0.3 is 0 Å². The second-order valence-corrected chi connectivity index (χ2v) is 6.82. The van der Waals surface area contributed by atoms with Gasteiger partial charge in [-0.2, -0.15) is 0 Å². The van der Waals surface area contributed by atoms with Crippen molar-refractivity contribution in [3.8, 4) is 0 Å². The highest BCUT2D eigenvalue weighted by Crippen LogP contribution is 2.31. The van der Waals surface area contributed by atoms with Crippen molar-refractivity contribution in [2.24, 2.45) is 0 Å². The molecule has 4 nitrogen and oxygen atoms in total. The first-order valence-corrected chi connectivity index (χ1v) is 8.43. The third-order valence-electron chi connectivity index (χ3n) is 4.20. The van der Waals surface area contributed by atoms with E-state index in [9.17, 15) is 0 Å². The van der Waals surface area contributed by atoms with Gasteiger partial charge in [0.25, 0.3) is 0 Å². The second-order valence-electron chi connectivity index (χ2n) is 6.82. The molecule has 0 saturated heterocycles. The fourth-order valence-corrected chi connectivity index (χ4v) is 2.90. The highest BCUT2D eigenvalue weighted by Gasteiger charge is 2.27. The topological polar surface area (TPSA) is 49.8 Å². The van der Waals surface area contributed by atoms with Crippen molar-refractivity contribution < 1.29 is 0 Å². The monoisotopic (exact) mass is 290 g/mol. The predicted octanol–water partition coefficient (Wildman–Crippen LogP) is 4.56. The molecule has 1 heterocycles. The van der Waals surface area contributed by atoms with Gasteiger partial charge in [-0.15, -0.1) is 0 Å². The zero-order valence-corrected chi connectivity index (χ0v) is 14.0. The summed E-state index contributed by atoms with van der Waals surface area (Å²) in [5, 5.41) is 7.07. The fraction of sp³-hybridized carbons (Fsp3) is 0.765. The summed E-state index contributed by atoms with van der Waals surface area (Å²) in [6.45, 7) is 9.73. The molecule has 0 spiro atoms. The molecule has 0 bridgehead atoms. The van der Waals surface area contributed by atoms with Crippen LogP contribution in [-0.4, -0.2) is 22.1 Å². The minimum atomic E-state index is 0.183. The highest BCUT2D eigenvalue weighted by molar-refractivity contribution is 5.49. The van der Waals surface area contributed by atoms with Crippen LogP contribution in [0.15, 0.2) is 6.07 Å². The van der Waals surface area contributed by atoms with Crippen LogP contribution in [0.25, 0.3) is 0 Å². The Morgan fingerprint density at radius 2 is 1.81 bits per heavy atom. The minimum absolute atomic E-state index is 0.183. The summed E-state index contributed by atoms with van der Waals surface area (Å²) in [6.07, 6.45) is 7.54. The van der Waals surface area contributed by atoms with Gasteiger partial charge in [0, 0.05) is 24.1 Å². The first kappa shape index (κ1) is 16.1. The van der Waals surface area contributed by atoms with Gasteiger partial charge in [-0.05, 0) is 26.2 Å². The number of anilines is 2. The Hall–Kier alpha value is -1.32. The van der Waals surface area contributed by atoms with Gasteiger partial charge in [-0.3, -0.25) is 0 Å². The van der Waals surface area contributed by atoms with Crippen LogP contribution in [-0.2, 0) is 0 Å². The lowest BCUT2D eigenvalue weighted by atomic mass is 9.83. The Kier molecular flexibility index (Phi) is 5.43. The molecular weight excluding hydrogens is 260 g/mol. The molecule has 0 unspecified atom stereocenters. The number of nitrogens with one attached hydrogen (secondary N) is 2.